The topological polar surface area (TPSA) is 12.5 Å². The zero-order valence-corrected chi connectivity index (χ0v) is 10.5. The molecule has 5 heteroatoms. The maximum atomic E-state index is 13.7. The fourth-order valence-electron chi connectivity index (χ4n) is 1.72. The lowest BCUT2D eigenvalue weighted by Gasteiger charge is -2.20. The van der Waals surface area contributed by atoms with Gasteiger partial charge in [-0.1, -0.05) is 0 Å². The first kappa shape index (κ1) is 13.3. The minimum atomic E-state index is -1.47. The summed E-state index contributed by atoms with van der Waals surface area (Å²) >= 11 is 0. The van der Waals surface area contributed by atoms with E-state index in [1.165, 1.54) is 18.1 Å². The molecule has 0 radical (unpaired) electrons. The van der Waals surface area contributed by atoms with Crippen molar-refractivity contribution in [2.75, 3.05) is 19.1 Å². The van der Waals surface area contributed by atoms with Crippen LogP contribution in [0.4, 0.5) is 24.5 Å². The van der Waals surface area contributed by atoms with Gasteiger partial charge in [0.2, 0.25) is 0 Å². The number of anilines is 2. The van der Waals surface area contributed by atoms with Crippen LogP contribution in [0.2, 0.25) is 0 Å². The van der Waals surface area contributed by atoms with Crippen molar-refractivity contribution in [1.29, 1.82) is 0 Å². The molecule has 0 bridgehead atoms. The van der Waals surface area contributed by atoms with Crippen LogP contribution < -0.4 is 9.64 Å². The minimum absolute atomic E-state index is 0.0379. The minimum Gasteiger partial charge on any atom is -0.497 e. The van der Waals surface area contributed by atoms with Gasteiger partial charge in [0.25, 0.3) is 0 Å². The third-order valence-corrected chi connectivity index (χ3v) is 2.84. The van der Waals surface area contributed by atoms with E-state index in [-0.39, 0.29) is 5.69 Å². The number of rotatable bonds is 3. The molecule has 0 aliphatic carbocycles. The molecule has 2 aromatic rings. The number of halogens is 3. The summed E-state index contributed by atoms with van der Waals surface area (Å²) in [6.45, 7) is 0. The Labute approximate surface area is 109 Å². The Balaban J connectivity index is 2.38. The van der Waals surface area contributed by atoms with Gasteiger partial charge in [-0.2, -0.15) is 0 Å². The molecule has 0 aliphatic heterocycles. The van der Waals surface area contributed by atoms with Crippen LogP contribution in [0.3, 0.4) is 0 Å². The summed E-state index contributed by atoms with van der Waals surface area (Å²) in [5.41, 5.74) is 0.592. The first-order valence-corrected chi connectivity index (χ1v) is 5.56. The van der Waals surface area contributed by atoms with E-state index < -0.39 is 17.5 Å². The van der Waals surface area contributed by atoms with Gasteiger partial charge < -0.3 is 9.64 Å². The molecule has 2 aromatic carbocycles. The fourth-order valence-corrected chi connectivity index (χ4v) is 1.72. The standard InChI is InChI=1S/C14H12F3NO/c1-18(9-3-5-10(19-2)6-4-9)12-8-7-11(15)13(16)14(12)17/h3-8H,1-2H3. The normalized spacial score (nSPS) is 10.4. The maximum absolute atomic E-state index is 13.7. The third-order valence-electron chi connectivity index (χ3n) is 2.84. The van der Waals surface area contributed by atoms with Crippen molar-refractivity contribution >= 4 is 11.4 Å². The SMILES string of the molecule is COc1ccc(N(C)c2ccc(F)c(F)c2F)cc1. The van der Waals surface area contributed by atoms with E-state index in [0.717, 1.165) is 6.07 Å². The molecule has 0 saturated carbocycles. The van der Waals surface area contributed by atoms with Gasteiger partial charge in [-0.15, -0.1) is 0 Å². The van der Waals surface area contributed by atoms with Crippen molar-refractivity contribution in [1.82, 2.24) is 0 Å². The molecule has 0 unspecified atom stereocenters. The van der Waals surface area contributed by atoms with Gasteiger partial charge in [-0.3, -0.25) is 0 Å². The number of ether oxygens (including phenoxy) is 1. The van der Waals surface area contributed by atoms with Crippen LogP contribution in [0, 0.1) is 17.5 Å². The molecule has 100 valence electrons. The Hall–Kier alpha value is -2.17. The molecule has 0 N–H and O–H groups in total. The first-order chi connectivity index (χ1) is 9.04. The summed E-state index contributed by atoms with van der Waals surface area (Å²) in [6.07, 6.45) is 0. The quantitative estimate of drug-likeness (QED) is 0.782. The molecule has 0 atom stereocenters. The summed E-state index contributed by atoms with van der Waals surface area (Å²) in [7, 11) is 3.10. The molecule has 19 heavy (non-hydrogen) atoms. The number of hydrogen-bond donors (Lipinski definition) is 0. The Bertz CT molecular complexity index is 584. The van der Waals surface area contributed by atoms with Crippen LogP contribution in [-0.4, -0.2) is 14.2 Å². The van der Waals surface area contributed by atoms with Crippen LogP contribution in [0.5, 0.6) is 5.75 Å². The average molecular weight is 267 g/mol. The average Bonchev–Trinajstić information content (AvgIpc) is 2.44. The molecule has 2 rings (SSSR count). The van der Waals surface area contributed by atoms with Gasteiger partial charge in [-0.25, -0.2) is 13.2 Å². The zero-order chi connectivity index (χ0) is 14.0. The van der Waals surface area contributed by atoms with Gasteiger partial charge in [0, 0.05) is 12.7 Å². The third kappa shape index (κ3) is 2.50. The Morgan fingerprint density at radius 2 is 1.53 bits per heavy atom. The lowest BCUT2D eigenvalue weighted by molar-refractivity contribution is 0.415. The molecule has 0 aromatic heterocycles. The number of hydrogen-bond acceptors (Lipinski definition) is 2. The van der Waals surface area contributed by atoms with E-state index in [0.29, 0.717) is 11.4 Å². The molecular formula is C14H12F3NO. The van der Waals surface area contributed by atoms with E-state index >= 15 is 0 Å². The van der Waals surface area contributed by atoms with Crippen LogP contribution in [0.1, 0.15) is 0 Å². The second kappa shape index (κ2) is 5.22. The molecular weight excluding hydrogens is 255 g/mol. The predicted octanol–water partition coefficient (Wildman–Crippen LogP) is 3.88. The van der Waals surface area contributed by atoms with Gasteiger partial charge in [0.15, 0.2) is 17.5 Å². The summed E-state index contributed by atoms with van der Waals surface area (Å²) < 4.78 is 44.7. The number of methoxy groups -OCH3 is 1. The van der Waals surface area contributed by atoms with E-state index in [1.54, 1.807) is 31.3 Å². The highest BCUT2D eigenvalue weighted by molar-refractivity contribution is 5.63. The van der Waals surface area contributed by atoms with Crippen molar-refractivity contribution in [3.8, 4) is 5.75 Å². The van der Waals surface area contributed by atoms with Gasteiger partial charge in [0.1, 0.15) is 5.75 Å². The monoisotopic (exact) mass is 267 g/mol. The highest BCUT2D eigenvalue weighted by atomic mass is 19.2. The van der Waals surface area contributed by atoms with E-state index in [9.17, 15) is 13.2 Å². The second-order valence-electron chi connectivity index (χ2n) is 3.95. The summed E-state index contributed by atoms with van der Waals surface area (Å²) in [5, 5.41) is 0. The van der Waals surface area contributed by atoms with Crippen LogP contribution in [0.25, 0.3) is 0 Å². The van der Waals surface area contributed by atoms with Crippen LogP contribution >= 0.6 is 0 Å². The van der Waals surface area contributed by atoms with Crippen LogP contribution in [0.15, 0.2) is 36.4 Å². The summed E-state index contributed by atoms with van der Waals surface area (Å²) in [5.74, 6) is -3.23. The number of nitrogens with zero attached hydrogens (tertiary/aromatic N) is 1. The van der Waals surface area contributed by atoms with Crippen molar-refractivity contribution in [3.05, 3.63) is 53.8 Å². The molecule has 0 fully saturated rings. The molecule has 0 spiro atoms. The molecule has 0 aliphatic rings. The predicted molar refractivity (Wildman–Crippen MR) is 67.4 cm³/mol. The van der Waals surface area contributed by atoms with Crippen molar-refractivity contribution in [2.45, 2.75) is 0 Å². The fraction of sp³-hybridized carbons (Fsp3) is 0.143. The smallest absolute Gasteiger partial charge is 0.196 e. The molecule has 0 heterocycles. The maximum Gasteiger partial charge on any atom is 0.196 e. The Kier molecular flexibility index (Phi) is 3.64. The van der Waals surface area contributed by atoms with Crippen LogP contribution in [-0.2, 0) is 0 Å². The van der Waals surface area contributed by atoms with Crippen molar-refractivity contribution < 1.29 is 17.9 Å². The van der Waals surface area contributed by atoms with E-state index in [1.807, 2.05) is 0 Å². The Morgan fingerprint density at radius 1 is 0.895 bits per heavy atom. The lowest BCUT2D eigenvalue weighted by atomic mass is 10.2. The molecule has 0 amide bonds. The number of benzene rings is 2. The largest absolute Gasteiger partial charge is 0.497 e. The molecule has 2 nitrogen and oxygen atoms in total. The highest BCUT2D eigenvalue weighted by Crippen LogP contribution is 2.29. The highest BCUT2D eigenvalue weighted by Gasteiger charge is 2.17. The van der Waals surface area contributed by atoms with Gasteiger partial charge >= 0.3 is 0 Å². The molecule has 0 saturated heterocycles. The first-order valence-electron chi connectivity index (χ1n) is 5.56. The zero-order valence-electron chi connectivity index (χ0n) is 10.5. The van der Waals surface area contributed by atoms with Gasteiger partial charge in [0.05, 0.1) is 12.8 Å². The van der Waals surface area contributed by atoms with Crippen molar-refractivity contribution in [3.63, 3.8) is 0 Å². The van der Waals surface area contributed by atoms with E-state index in [2.05, 4.69) is 0 Å². The Morgan fingerprint density at radius 3 is 2.11 bits per heavy atom. The second-order valence-corrected chi connectivity index (χ2v) is 3.95. The lowest BCUT2D eigenvalue weighted by Crippen LogP contribution is -2.12. The summed E-state index contributed by atoms with van der Waals surface area (Å²) in [6, 6.07) is 8.87. The van der Waals surface area contributed by atoms with Crippen molar-refractivity contribution in [2.24, 2.45) is 0 Å². The summed E-state index contributed by atoms with van der Waals surface area (Å²) in [4.78, 5) is 1.43. The van der Waals surface area contributed by atoms with E-state index in [4.69, 9.17) is 4.74 Å². The van der Waals surface area contributed by atoms with Gasteiger partial charge in [-0.05, 0) is 36.4 Å².